The number of rotatable bonds is 2. The highest BCUT2D eigenvalue weighted by Gasteiger charge is 2.15. The third-order valence-corrected chi connectivity index (χ3v) is 4.56. The molecule has 108 valence electrons. The van der Waals surface area contributed by atoms with Crippen LogP contribution in [0.5, 0.6) is 0 Å². The topological polar surface area (TPSA) is 20.7 Å². The summed E-state index contributed by atoms with van der Waals surface area (Å²) in [5.74, 6) is -0.456. The Kier molecular flexibility index (Phi) is 3.90. The summed E-state index contributed by atoms with van der Waals surface area (Å²) in [7, 11) is 0. The predicted octanol–water partition coefficient (Wildman–Crippen LogP) is 5.86. The van der Waals surface area contributed by atoms with Gasteiger partial charge in [-0.3, -0.25) is 0 Å². The fourth-order valence-corrected chi connectivity index (χ4v) is 3.36. The smallest absolute Gasteiger partial charge is 0.178 e. The van der Waals surface area contributed by atoms with Crippen LogP contribution in [-0.4, -0.2) is 9.55 Å². The van der Waals surface area contributed by atoms with Gasteiger partial charge in [0.2, 0.25) is 0 Å². The number of benzene rings is 2. The Labute approximate surface area is 139 Å². The number of hydrogen-bond donors (Lipinski definition) is 1. The zero-order chi connectivity index (χ0) is 15.1. The average molecular weight is 386 g/mol. The molecular weight excluding hydrogens is 375 g/mol. The Morgan fingerprint density at radius 2 is 2.10 bits per heavy atom. The fraction of sp³-hybridized carbons (Fsp3) is 0.133. The summed E-state index contributed by atoms with van der Waals surface area (Å²) in [6.07, 6.45) is 0. The quantitative estimate of drug-likeness (QED) is 0.548. The first-order chi connectivity index (χ1) is 9.97. The predicted molar refractivity (Wildman–Crippen MR) is 90.0 cm³/mol. The standard InChI is InChI=1S/C15H11BrClFN2S/c1-8(9-3-2-4-10(16)5-9)20-14-6-11(17)12(18)7-13(14)19-15(20)21/h2-8H,1H3,(H,19,21). The largest absolute Gasteiger partial charge is 0.330 e. The van der Waals surface area contributed by atoms with Crippen molar-refractivity contribution in [2.75, 3.05) is 0 Å². The van der Waals surface area contributed by atoms with E-state index in [-0.39, 0.29) is 11.1 Å². The van der Waals surface area contributed by atoms with Crippen LogP contribution < -0.4 is 0 Å². The molecule has 21 heavy (non-hydrogen) atoms. The molecule has 0 saturated carbocycles. The van der Waals surface area contributed by atoms with Gasteiger partial charge in [0, 0.05) is 10.5 Å². The average Bonchev–Trinajstić information content (AvgIpc) is 2.74. The van der Waals surface area contributed by atoms with Crippen molar-refractivity contribution >= 4 is 50.8 Å². The van der Waals surface area contributed by atoms with E-state index in [2.05, 4.69) is 20.9 Å². The minimum atomic E-state index is -0.456. The van der Waals surface area contributed by atoms with Crippen LogP contribution >= 0.6 is 39.7 Å². The first kappa shape index (κ1) is 14.8. The van der Waals surface area contributed by atoms with Crippen LogP contribution in [0.25, 0.3) is 11.0 Å². The maximum Gasteiger partial charge on any atom is 0.178 e. The van der Waals surface area contributed by atoms with Crippen LogP contribution in [-0.2, 0) is 0 Å². The van der Waals surface area contributed by atoms with Crippen molar-refractivity contribution < 1.29 is 4.39 Å². The zero-order valence-electron chi connectivity index (χ0n) is 11.0. The van der Waals surface area contributed by atoms with E-state index >= 15 is 0 Å². The number of imidazole rings is 1. The first-order valence-electron chi connectivity index (χ1n) is 6.32. The summed E-state index contributed by atoms with van der Waals surface area (Å²) in [6.45, 7) is 2.04. The van der Waals surface area contributed by atoms with Gasteiger partial charge in [-0.05, 0) is 42.9 Å². The van der Waals surface area contributed by atoms with Crippen molar-refractivity contribution in [3.63, 3.8) is 0 Å². The van der Waals surface area contributed by atoms with Gasteiger partial charge in [0.15, 0.2) is 4.77 Å². The number of halogens is 3. The van der Waals surface area contributed by atoms with E-state index in [1.54, 1.807) is 6.07 Å². The second-order valence-electron chi connectivity index (χ2n) is 4.81. The molecule has 0 aliphatic carbocycles. The van der Waals surface area contributed by atoms with Gasteiger partial charge in [0.1, 0.15) is 5.82 Å². The van der Waals surface area contributed by atoms with Crippen molar-refractivity contribution in [2.24, 2.45) is 0 Å². The third kappa shape index (κ3) is 2.65. The summed E-state index contributed by atoms with van der Waals surface area (Å²) in [6, 6.07) is 11.0. The SMILES string of the molecule is CC(c1cccc(Br)c1)n1c(=S)[nH]c2cc(F)c(Cl)cc21. The molecule has 2 nitrogen and oxygen atoms in total. The molecule has 0 spiro atoms. The van der Waals surface area contributed by atoms with Crippen LogP contribution in [0, 0.1) is 10.6 Å². The van der Waals surface area contributed by atoms with Crippen LogP contribution in [0.4, 0.5) is 4.39 Å². The van der Waals surface area contributed by atoms with Gasteiger partial charge in [0.25, 0.3) is 0 Å². The highest BCUT2D eigenvalue weighted by Crippen LogP contribution is 2.29. The summed E-state index contributed by atoms with van der Waals surface area (Å²) >= 11 is 14.7. The summed E-state index contributed by atoms with van der Waals surface area (Å²) in [5, 5.41) is 0.0895. The van der Waals surface area contributed by atoms with Crippen LogP contribution in [0.15, 0.2) is 40.9 Å². The highest BCUT2D eigenvalue weighted by atomic mass is 79.9. The van der Waals surface area contributed by atoms with Crippen LogP contribution in [0.2, 0.25) is 5.02 Å². The molecule has 1 heterocycles. The number of fused-ring (bicyclic) bond motifs is 1. The van der Waals surface area contributed by atoms with E-state index in [1.807, 2.05) is 35.8 Å². The lowest BCUT2D eigenvalue weighted by molar-refractivity contribution is 0.628. The van der Waals surface area contributed by atoms with Crippen LogP contribution in [0.3, 0.4) is 0 Å². The van der Waals surface area contributed by atoms with Gasteiger partial charge in [-0.25, -0.2) is 4.39 Å². The molecule has 6 heteroatoms. The molecule has 1 aromatic heterocycles. The Hall–Kier alpha value is -1.17. The lowest BCUT2D eigenvalue weighted by Crippen LogP contribution is -2.06. The summed E-state index contributed by atoms with van der Waals surface area (Å²) in [5.41, 5.74) is 2.53. The number of hydrogen-bond acceptors (Lipinski definition) is 1. The highest BCUT2D eigenvalue weighted by molar-refractivity contribution is 9.10. The molecule has 0 fully saturated rings. The number of aromatic amines is 1. The molecule has 0 amide bonds. The second-order valence-corrected chi connectivity index (χ2v) is 6.52. The number of aromatic nitrogens is 2. The van der Waals surface area contributed by atoms with Gasteiger partial charge in [0.05, 0.1) is 22.1 Å². The van der Waals surface area contributed by atoms with Crippen molar-refractivity contribution in [3.05, 3.63) is 62.0 Å². The molecule has 1 unspecified atom stereocenters. The monoisotopic (exact) mass is 384 g/mol. The molecule has 0 radical (unpaired) electrons. The molecule has 0 aliphatic rings. The van der Waals surface area contributed by atoms with Gasteiger partial charge < -0.3 is 9.55 Å². The van der Waals surface area contributed by atoms with Crippen molar-refractivity contribution in [1.29, 1.82) is 0 Å². The maximum absolute atomic E-state index is 13.6. The Morgan fingerprint density at radius 1 is 1.33 bits per heavy atom. The van der Waals surface area contributed by atoms with E-state index in [1.165, 1.54) is 6.07 Å². The number of H-pyrrole nitrogens is 1. The van der Waals surface area contributed by atoms with E-state index in [4.69, 9.17) is 23.8 Å². The van der Waals surface area contributed by atoms with Gasteiger partial charge in [-0.1, -0.05) is 39.7 Å². The molecule has 3 rings (SSSR count). The minimum Gasteiger partial charge on any atom is -0.330 e. The van der Waals surface area contributed by atoms with Crippen LogP contribution in [0.1, 0.15) is 18.5 Å². The van der Waals surface area contributed by atoms with E-state index in [9.17, 15) is 4.39 Å². The summed E-state index contributed by atoms with van der Waals surface area (Å²) < 4.78 is 17.1. The zero-order valence-corrected chi connectivity index (χ0v) is 14.2. The number of nitrogens with zero attached hydrogens (tertiary/aromatic N) is 1. The first-order valence-corrected chi connectivity index (χ1v) is 7.90. The van der Waals surface area contributed by atoms with E-state index < -0.39 is 5.82 Å². The fourth-order valence-electron chi connectivity index (χ4n) is 2.42. The van der Waals surface area contributed by atoms with E-state index in [0.29, 0.717) is 10.3 Å². The summed E-state index contributed by atoms with van der Waals surface area (Å²) in [4.78, 5) is 3.03. The molecule has 3 aromatic rings. The van der Waals surface area contributed by atoms with Crippen molar-refractivity contribution in [3.8, 4) is 0 Å². The Bertz CT molecular complexity index is 887. The van der Waals surface area contributed by atoms with Crippen molar-refractivity contribution in [2.45, 2.75) is 13.0 Å². The van der Waals surface area contributed by atoms with Gasteiger partial charge >= 0.3 is 0 Å². The number of nitrogens with one attached hydrogen (secondary N) is 1. The lowest BCUT2D eigenvalue weighted by atomic mass is 10.1. The normalized spacial score (nSPS) is 12.8. The Balaban J connectivity index is 2.22. The molecule has 0 saturated heterocycles. The third-order valence-electron chi connectivity index (χ3n) is 3.48. The molecule has 0 bridgehead atoms. The molecular formula is C15H11BrClFN2S. The minimum absolute atomic E-state index is 0.00489. The van der Waals surface area contributed by atoms with Gasteiger partial charge in [-0.2, -0.15) is 0 Å². The van der Waals surface area contributed by atoms with Gasteiger partial charge in [-0.15, -0.1) is 0 Å². The molecule has 2 aromatic carbocycles. The Morgan fingerprint density at radius 3 is 2.81 bits per heavy atom. The van der Waals surface area contributed by atoms with E-state index in [0.717, 1.165) is 15.6 Å². The molecule has 0 aliphatic heterocycles. The second kappa shape index (κ2) is 5.55. The molecule has 1 atom stereocenters. The lowest BCUT2D eigenvalue weighted by Gasteiger charge is -2.15. The maximum atomic E-state index is 13.6. The van der Waals surface area contributed by atoms with Crippen molar-refractivity contribution in [1.82, 2.24) is 9.55 Å². The molecule has 1 N–H and O–H groups in total.